The molecular formula is C71H120O12. The molecule has 0 aromatic rings. The highest BCUT2D eigenvalue weighted by Gasteiger charge is 2.50. The summed E-state index contributed by atoms with van der Waals surface area (Å²) in [7, 11) is 0. The van der Waals surface area contributed by atoms with Crippen LogP contribution in [-0.4, -0.2) is 89.2 Å². The fourth-order valence-corrected chi connectivity index (χ4v) is 9.85. The summed E-state index contributed by atoms with van der Waals surface area (Å²) in [5.41, 5.74) is 0. The van der Waals surface area contributed by atoms with Crippen molar-refractivity contribution in [2.45, 2.75) is 327 Å². The van der Waals surface area contributed by atoms with Crippen molar-refractivity contribution in [2.24, 2.45) is 0 Å². The van der Waals surface area contributed by atoms with Crippen LogP contribution in [0.5, 0.6) is 0 Å². The zero-order valence-corrected chi connectivity index (χ0v) is 52.7. The number of aliphatic hydroxyl groups is 2. The number of aliphatic hydroxyl groups excluding tert-OH is 2. The fourth-order valence-electron chi connectivity index (χ4n) is 9.85. The molecule has 0 aromatic heterocycles. The maximum absolute atomic E-state index is 13.2. The minimum atomic E-state index is -1.93. The Morgan fingerprint density at radius 1 is 0.410 bits per heavy atom. The third-order valence-corrected chi connectivity index (χ3v) is 15.0. The number of carboxylic acid groups (broad SMARTS) is 1. The van der Waals surface area contributed by atoms with E-state index in [1.807, 2.05) is 12.2 Å². The van der Waals surface area contributed by atoms with Gasteiger partial charge < -0.3 is 39.0 Å². The number of hydrogen-bond donors (Lipinski definition) is 3. The van der Waals surface area contributed by atoms with Crippen LogP contribution in [0.15, 0.2) is 85.1 Å². The van der Waals surface area contributed by atoms with Crippen LogP contribution < -0.4 is 0 Å². The smallest absolute Gasteiger partial charge is 0.335 e. The van der Waals surface area contributed by atoms with Crippen molar-refractivity contribution in [3.63, 3.8) is 0 Å². The van der Waals surface area contributed by atoms with E-state index >= 15 is 0 Å². The van der Waals surface area contributed by atoms with Crippen LogP contribution in [0.25, 0.3) is 0 Å². The van der Waals surface area contributed by atoms with Crippen LogP contribution in [0.1, 0.15) is 290 Å². The lowest BCUT2D eigenvalue weighted by molar-refractivity contribution is -0.301. The van der Waals surface area contributed by atoms with Gasteiger partial charge in [0.15, 0.2) is 24.6 Å². The molecule has 12 heteroatoms. The molecule has 0 aromatic carbocycles. The predicted octanol–water partition coefficient (Wildman–Crippen LogP) is 18.2. The molecule has 0 saturated carbocycles. The number of hydrogen-bond acceptors (Lipinski definition) is 11. The molecule has 1 aliphatic rings. The SMILES string of the molecule is CC/C=C\C/C=C\C/C=C\C/C=C\C/C=C\CCCC(=O)OC1C(OCC(COC(=O)CCCCCCCCCCC/C=C\C/C=C\CCCCC)OC(=O)CCCCCCCCCCCCCCCCCCC)OC(C(=O)O)C(O)C1O. The Balaban J connectivity index is 2.68. The van der Waals surface area contributed by atoms with Gasteiger partial charge >= 0.3 is 23.9 Å². The molecule has 1 fully saturated rings. The number of carbonyl (C=O) groups is 4. The van der Waals surface area contributed by atoms with Crippen molar-refractivity contribution < 1.29 is 58.2 Å². The Bertz CT molecular complexity index is 1760. The van der Waals surface area contributed by atoms with Gasteiger partial charge in [0.1, 0.15) is 18.8 Å². The molecule has 1 saturated heterocycles. The van der Waals surface area contributed by atoms with Crippen LogP contribution in [-0.2, 0) is 42.9 Å². The molecule has 12 nitrogen and oxygen atoms in total. The van der Waals surface area contributed by atoms with Crippen LogP contribution in [0.4, 0.5) is 0 Å². The average molecular weight is 1170 g/mol. The summed E-state index contributed by atoms with van der Waals surface area (Å²) in [6.45, 7) is 5.87. The Labute approximate surface area is 505 Å². The molecule has 1 aliphatic heterocycles. The first kappa shape index (κ1) is 76.9. The number of carbonyl (C=O) groups excluding carboxylic acids is 3. The van der Waals surface area contributed by atoms with Crippen LogP contribution in [0.3, 0.4) is 0 Å². The third-order valence-electron chi connectivity index (χ3n) is 15.0. The minimum Gasteiger partial charge on any atom is -0.479 e. The quantitative estimate of drug-likeness (QED) is 0.0228. The molecule has 3 N–H and O–H groups in total. The summed E-state index contributed by atoms with van der Waals surface area (Å²) in [5.74, 6) is -3.19. The van der Waals surface area contributed by atoms with Gasteiger partial charge in [-0.3, -0.25) is 14.4 Å². The zero-order chi connectivity index (χ0) is 60.3. The second-order valence-electron chi connectivity index (χ2n) is 22.7. The number of esters is 3. The van der Waals surface area contributed by atoms with E-state index in [4.69, 9.17) is 23.7 Å². The summed E-state index contributed by atoms with van der Waals surface area (Å²) < 4.78 is 28.5. The number of ether oxygens (including phenoxy) is 5. The van der Waals surface area contributed by atoms with Gasteiger partial charge in [0.05, 0.1) is 6.61 Å². The number of carboxylic acids is 1. The molecule has 0 amide bonds. The van der Waals surface area contributed by atoms with Gasteiger partial charge in [-0.15, -0.1) is 0 Å². The maximum Gasteiger partial charge on any atom is 0.335 e. The summed E-state index contributed by atoms with van der Waals surface area (Å²) in [6.07, 6.45) is 64.0. The molecule has 0 spiro atoms. The van der Waals surface area contributed by atoms with Crippen LogP contribution in [0, 0.1) is 0 Å². The highest BCUT2D eigenvalue weighted by molar-refractivity contribution is 5.74. The summed E-state index contributed by atoms with van der Waals surface area (Å²) in [4.78, 5) is 51.4. The molecule has 83 heavy (non-hydrogen) atoms. The Morgan fingerprint density at radius 2 is 0.771 bits per heavy atom. The van der Waals surface area contributed by atoms with Gasteiger partial charge in [-0.25, -0.2) is 4.79 Å². The lowest BCUT2D eigenvalue weighted by atomic mass is 9.98. The minimum absolute atomic E-state index is 0.0193. The molecule has 0 radical (unpaired) electrons. The Kier molecular flexibility index (Phi) is 54.0. The van der Waals surface area contributed by atoms with Gasteiger partial charge in [-0.2, -0.15) is 0 Å². The summed E-state index contributed by atoms with van der Waals surface area (Å²) >= 11 is 0. The van der Waals surface area contributed by atoms with E-state index < -0.39 is 67.3 Å². The first-order valence-electron chi connectivity index (χ1n) is 33.6. The van der Waals surface area contributed by atoms with Crippen LogP contribution in [0.2, 0.25) is 0 Å². The molecule has 0 bridgehead atoms. The van der Waals surface area contributed by atoms with Crippen molar-refractivity contribution in [3.8, 4) is 0 Å². The standard InChI is InChI=1S/C71H120O12/c1-4-7-10-13-16-19-22-25-28-31-32-35-36-39-42-45-48-51-54-57-63(72)79-60-62(81-64(73)58-55-52-49-46-43-40-37-33-29-26-23-20-17-14-11-8-5-2)61-80-71-69(67(76)66(75)68(83-71)70(77)78)82-65(74)59-56-53-50-47-44-41-38-34-30-27-24-21-18-15-12-9-6-3/h9,12,16,18-19,21,25,27-28,30,38,41,47,50,62,66-69,71,75-76H,4-8,10-11,13-15,17,20,22-24,26,29,31-37,39-40,42-46,48-49,51-61H2,1-3H3,(H,77,78)/b12-9-,19-16-,21-18-,28-25-,30-27-,41-38-,50-47-. The van der Waals surface area contributed by atoms with E-state index in [1.165, 1.54) is 141 Å². The lowest BCUT2D eigenvalue weighted by Crippen LogP contribution is -2.61. The second-order valence-corrected chi connectivity index (χ2v) is 22.7. The number of rotatable bonds is 57. The highest BCUT2D eigenvalue weighted by atomic mass is 16.7. The topological polar surface area (TPSA) is 175 Å². The molecule has 0 aliphatic carbocycles. The van der Waals surface area contributed by atoms with E-state index in [0.29, 0.717) is 25.7 Å². The number of allylic oxidation sites excluding steroid dienone is 14. The van der Waals surface area contributed by atoms with E-state index in [9.17, 15) is 34.5 Å². The molecule has 1 heterocycles. The van der Waals surface area contributed by atoms with E-state index in [0.717, 1.165) is 83.5 Å². The number of aliphatic carboxylic acids is 1. The van der Waals surface area contributed by atoms with Crippen LogP contribution >= 0.6 is 0 Å². The van der Waals surface area contributed by atoms with Crippen molar-refractivity contribution >= 4 is 23.9 Å². The zero-order valence-electron chi connectivity index (χ0n) is 52.7. The normalized spacial score (nSPS) is 18.1. The van der Waals surface area contributed by atoms with Gasteiger partial charge in [0, 0.05) is 19.3 Å². The maximum atomic E-state index is 13.2. The molecular weight excluding hydrogens is 1040 g/mol. The van der Waals surface area contributed by atoms with Crippen molar-refractivity contribution in [1.29, 1.82) is 0 Å². The van der Waals surface area contributed by atoms with Gasteiger partial charge in [0.2, 0.25) is 0 Å². The predicted molar refractivity (Wildman–Crippen MR) is 340 cm³/mol. The fraction of sp³-hybridized carbons (Fsp3) is 0.746. The second kappa shape index (κ2) is 58.3. The monoisotopic (exact) mass is 1160 g/mol. The Hall–Kier alpha value is -4.10. The summed E-state index contributed by atoms with van der Waals surface area (Å²) in [5, 5.41) is 31.6. The lowest BCUT2D eigenvalue weighted by Gasteiger charge is -2.40. The van der Waals surface area contributed by atoms with E-state index in [-0.39, 0.29) is 25.9 Å². The molecule has 6 atom stereocenters. The summed E-state index contributed by atoms with van der Waals surface area (Å²) in [6, 6.07) is 0. The van der Waals surface area contributed by atoms with E-state index in [1.54, 1.807) is 0 Å². The van der Waals surface area contributed by atoms with Crippen molar-refractivity contribution in [2.75, 3.05) is 13.2 Å². The first-order valence-corrected chi connectivity index (χ1v) is 33.6. The molecule has 6 unspecified atom stereocenters. The van der Waals surface area contributed by atoms with E-state index in [2.05, 4.69) is 93.7 Å². The number of unbranched alkanes of at least 4 members (excludes halogenated alkanes) is 29. The largest absolute Gasteiger partial charge is 0.479 e. The van der Waals surface area contributed by atoms with Crippen molar-refractivity contribution in [3.05, 3.63) is 85.1 Å². The molecule has 1 rings (SSSR count). The Morgan fingerprint density at radius 3 is 1.22 bits per heavy atom. The molecule has 476 valence electrons. The van der Waals surface area contributed by atoms with Gasteiger partial charge in [-0.05, 0) is 89.9 Å². The highest BCUT2D eigenvalue weighted by Crippen LogP contribution is 2.26. The van der Waals surface area contributed by atoms with Gasteiger partial charge in [0.25, 0.3) is 0 Å². The average Bonchev–Trinajstić information content (AvgIpc) is 3.55. The first-order chi connectivity index (χ1) is 40.6. The third kappa shape index (κ3) is 47.8. The van der Waals surface area contributed by atoms with Crippen molar-refractivity contribution in [1.82, 2.24) is 0 Å². The van der Waals surface area contributed by atoms with Gasteiger partial charge in [-0.1, -0.05) is 266 Å².